The predicted octanol–water partition coefficient (Wildman–Crippen LogP) is 2.40. The molecule has 2 aromatic carbocycles. The molecule has 0 saturated heterocycles. The van der Waals surface area contributed by atoms with Crippen LogP contribution in [-0.4, -0.2) is 41.4 Å². The van der Waals surface area contributed by atoms with Gasteiger partial charge in [-0.15, -0.1) is 0 Å². The minimum atomic E-state index is -1.08. The Morgan fingerprint density at radius 3 is 2.23 bits per heavy atom. The number of carbonyl (C=O) groups is 3. The number of aliphatic carboxylic acids is 1. The lowest BCUT2D eigenvalue weighted by Gasteiger charge is -2.22. The molecular formula is C20H22N2O4. The van der Waals surface area contributed by atoms with Gasteiger partial charge < -0.3 is 15.3 Å². The first-order valence-electron chi connectivity index (χ1n) is 8.25. The third kappa shape index (κ3) is 5.44. The van der Waals surface area contributed by atoms with Gasteiger partial charge in [-0.05, 0) is 24.6 Å². The van der Waals surface area contributed by atoms with Gasteiger partial charge in [-0.3, -0.25) is 14.4 Å². The molecule has 6 nitrogen and oxygen atoms in total. The van der Waals surface area contributed by atoms with E-state index in [9.17, 15) is 14.4 Å². The summed E-state index contributed by atoms with van der Waals surface area (Å²) in [5.41, 5.74) is 2.33. The van der Waals surface area contributed by atoms with E-state index in [-0.39, 0.29) is 24.8 Å². The van der Waals surface area contributed by atoms with Crippen LogP contribution in [0.5, 0.6) is 0 Å². The molecule has 0 fully saturated rings. The minimum absolute atomic E-state index is 0.0224. The second-order valence-corrected chi connectivity index (χ2v) is 6.15. The Balaban J connectivity index is 2.16. The molecule has 2 aromatic rings. The monoisotopic (exact) mass is 354 g/mol. The number of rotatable bonds is 7. The molecule has 0 aliphatic carbocycles. The first-order valence-corrected chi connectivity index (χ1v) is 8.25. The predicted molar refractivity (Wildman–Crippen MR) is 97.7 cm³/mol. The van der Waals surface area contributed by atoms with E-state index in [1.54, 1.807) is 12.1 Å². The molecule has 1 atom stereocenters. The van der Waals surface area contributed by atoms with Crippen LogP contribution in [0, 0.1) is 6.92 Å². The standard InChI is InChI=1S/C20H22N2O4/c1-14-8-10-16(11-9-14)20(26)21-17(15-6-4-3-5-7-15)12-18(23)22(2)13-19(24)25/h3-11,17H,12-13H2,1-2H3,(H,21,26)(H,24,25). The summed E-state index contributed by atoms with van der Waals surface area (Å²) in [4.78, 5) is 36.8. The molecule has 0 aliphatic heterocycles. The van der Waals surface area contributed by atoms with Crippen LogP contribution < -0.4 is 5.32 Å². The number of amides is 2. The third-order valence-electron chi connectivity index (χ3n) is 4.00. The summed E-state index contributed by atoms with van der Waals surface area (Å²) in [5, 5.41) is 11.7. The van der Waals surface area contributed by atoms with Crippen LogP contribution >= 0.6 is 0 Å². The SMILES string of the molecule is Cc1ccc(C(=O)NC(CC(=O)N(C)CC(=O)O)c2ccccc2)cc1. The number of nitrogens with zero attached hydrogens (tertiary/aromatic N) is 1. The van der Waals surface area contributed by atoms with E-state index in [1.165, 1.54) is 7.05 Å². The number of likely N-dealkylation sites (N-methyl/N-ethyl adjacent to an activating group) is 1. The molecule has 0 radical (unpaired) electrons. The van der Waals surface area contributed by atoms with Crippen molar-refractivity contribution < 1.29 is 19.5 Å². The van der Waals surface area contributed by atoms with Crippen LogP contribution in [0.15, 0.2) is 54.6 Å². The first kappa shape index (κ1) is 19.2. The fourth-order valence-corrected chi connectivity index (χ4v) is 2.51. The smallest absolute Gasteiger partial charge is 0.323 e. The molecule has 0 aliphatic rings. The Kier molecular flexibility index (Phi) is 6.49. The molecule has 26 heavy (non-hydrogen) atoms. The molecule has 2 N–H and O–H groups in total. The number of nitrogens with one attached hydrogen (secondary N) is 1. The van der Waals surface area contributed by atoms with Crippen molar-refractivity contribution in [1.29, 1.82) is 0 Å². The van der Waals surface area contributed by atoms with Gasteiger partial charge in [0.25, 0.3) is 5.91 Å². The van der Waals surface area contributed by atoms with Gasteiger partial charge in [0.05, 0.1) is 12.5 Å². The van der Waals surface area contributed by atoms with E-state index >= 15 is 0 Å². The van der Waals surface area contributed by atoms with E-state index in [0.29, 0.717) is 5.56 Å². The molecular weight excluding hydrogens is 332 g/mol. The van der Waals surface area contributed by atoms with Crippen molar-refractivity contribution in [3.8, 4) is 0 Å². The molecule has 1 unspecified atom stereocenters. The van der Waals surface area contributed by atoms with E-state index in [4.69, 9.17) is 5.11 Å². The highest BCUT2D eigenvalue weighted by Crippen LogP contribution is 2.18. The zero-order chi connectivity index (χ0) is 19.1. The Morgan fingerprint density at radius 1 is 1.04 bits per heavy atom. The topological polar surface area (TPSA) is 86.7 Å². The molecule has 0 aromatic heterocycles. The highest BCUT2D eigenvalue weighted by molar-refractivity contribution is 5.95. The molecule has 0 bridgehead atoms. The number of benzene rings is 2. The van der Waals surface area contributed by atoms with Crippen LogP contribution in [0.25, 0.3) is 0 Å². The van der Waals surface area contributed by atoms with Gasteiger partial charge in [0.15, 0.2) is 0 Å². The van der Waals surface area contributed by atoms with E-state index < -0.39 is 12.0 Å². The van der Waals surface area contributed by atoms with E-state index in [0.717, 1.165) is 16.0 Å². The van der Waals surface area contributed by atoms with Crippen LogP contribution in [0.4, 0.5) is 0 Å². The number of carboxylic acids is 1. The molecule has 0 heterocycles. The quantitative estimate of drug-likeness (QED) is 0.799. The summed E-state index contributed by atoms with van der Waals surface area (Å²) in [6.07, 6.45) is -0.0224. The minimum Gasteiger partial charge on any atom is -0.480 e. The van der Waals surface area contributed by atoms with Crippen molar-refractivity contribution in [2.75, 3.05) is 13.6 Å². The lowest BCUT2D eigenvalue weighted by Crippen LogP contribution is -2.36. The molecule has 2 rings (SSSR count). The number of hydrogen-bond acceptors (Lipinski definition) is 3. The number of aryl methyl sites for hydroxylation is 1. The fourth-order valence-electron chi connectivity index (χ4n) is 2.51. The number of hydrogen-bond donors (Lipinski definition) is 2. The molecule has 6 heteroatoms. The van der Waals surface area contributed by atoms with Crippen LogP contribution in [0.2, 0.25) is 0 Å². The highest BCUT2D eigenvalue weighted by atomic mass is 16.4. The van der Waals surface area contributed by atoms with Gasteiger partial charge >= 0.3 is 5.97 Å². The summed E-state index contributed by atoms with van der Waals surface area (Å²) in [5.74, 6) is -1.72. The summed E-state index contributed by atoms with van der Waals surface area (Å²) >= 11 is 0. The second-order valence-electron chi connectivity index (χ2n) is 6.15. The van der Waals surface area contributed by atoms with Crippen molar-refractivity contribution in [2.45, 2.75) is 19.4 Å². The van der Waals surface area contributed by atoms with Crippen molar-refractivity contribution >= 4 is 17.8 Å². The van der Waals surface area contributed by atoms with Crippen molar-refractivity contribution in [3.05, 3.63) is 71.3 Å². The van der Waals surface area contributed by atoms with Crippen LogP contribution in [0.1, 0.15) is 33.9 Å². The van der Waals surface area contributed by atoms with Gasteiger partial charge in [-0.25, -0.2) is 0 Å². The van der Waals surface area contributed by atoms with Crippen molar-refractivity contribution in [1.82, 2.24) is 10.2 Å². The third-order valence-corrected chi connectivity index (χ3v) is 4.00. The molecule has 136 valence electrons. The van der Waals surface area contributed by atoms with Gasteiger partial charge in [-0.1, -0.05) is 48.0 Å². The van der Waals surface area contributed by atoms with Crippen LogP contribution in [-0.2, 0) is 9.59 Å². The molecule has 0 spiro atoms. The Hall–Kier alpha value is -3.15. The fraction of sp³-hybridized carbons (Fsp3) is 0.250. The normalized spacial score (nSPS) is 11.5. The van der Waals surface area contributed by atoms with E-state index in [2.05, 4.69) is 5.32 Å². The maximum atomic E-state index is 12.5. The average molecular weight is 354 g/mol. The number of carbonyl (C=O) groups excluding carboxylic acids is 2. The summed E-state index contributed by atoms with van der Waals surface area (Å²) < 4.78 is 0. The Bertz CT molecular complexity index is 772. The average Bonchev–Trinajstić information content (AvgIpc) is 2.61. The largest absolute Gasteiger partial charge is 0.480 e. The maximum Gasteiger partial charge on any atom is 0.323 e. The molecule has 0 saturated carbocycles. The zero-order valence-electron chi connectivity index (χ0n) is 14.8. The number of carboxylic acid groups (broad SMARTS) is 1. The Morgan fingerprint density at radius 2 is 1.65 bits per heavy atom. The van der Waals surface area contributed by atoms with Gasteiger partial charge in [-0.2, -0.15) is 0 Å². The lowest BCUT2D eigenvalue weighted by molar-refractivity contribution is -0.143. The highest BCUT2D eigenvalue weighted by Gasteiger charge is 2.22. The summed E-state index contributed by atoms with van der Waals surface area (Å²) in [7, 11) is 1.43. The lowest BCUT2D eigenvalue weighted by atomic mass is 10.0. The van der Waals surface area contributed by atoms with Crippen molar-refractivity contribution in [2.24, 2.45) is 0 Å². The second kappa shape index (κ2) is 8.80. The Labute approximate surface area is 152 Å². The molecule has 2 amide bonds. The van der Waals surface area contributed by atoms with Crippen LogP contribution in [0.3, 0.4) is 0 Å². The van der Waals surface area contributed by atoms with E-state index in [1.807, 2.05) is 49.4 Å². The maximum absolute atomic E-state index is 12.5. The van der Waals surface area contributed by atoms with Crippen molar-refractivity contribution in [3.63, 3.8) is 0 Å². The zero-order valence-corrected chi connectivity index (χ0v) is 14.8. The van der Waals surface area contributed by atoms with Gasteiger partial charge in [0.2, 0.25) is 5.91 Å². The van der Waals surface area contributed by atoms with Gasteiger partial charge in [0.1, 0.15) is 6.54 Å². The first-order chi connectivity index (χ1) is 12.4. The summed E-state index contributed by atoms with van der Waals surface area (Å²) in [6.45, 7) is 1.55. The summed E-state index contributed by atoms with van der Waals surface area (Å²) in [6, 6.07) is 15.7. The van der Waals surface area contributed by atoms with Gasteiger partial charge in [0, 0.05) is 12.6 Å².